The lowest BCUT2D eigenvalue weighted by Gasteiger charge is -2.12. The summed E-state index contributed by atoms with van der Waals surface area (Å²) in [5.74, 6) is 0.540. The molecule has 2 heterocycles. The molecule has 138 valence electrons. The molecule has 3 rings (SSSR count). The van der Waals surface area contributed by atoms with Crippen LogP contribution >= 0.6 is 0 Å². The summed E-state index contributed by atoms with van der Waals surface area (Å²) in [6, 6.07) is 7.99. The molecule has 0 aliphatic heterocycles. The number of ether oxygens (including phenoxy) is 1. The smallest absolute Gasteiger partial charge is 0.332 e. The molecule has 0 atom stereocenters. The number of hydrogen-bond donors (Lipinski definition) is 1. The normalized spacial score (nSPS) is 11.2. The molecule has 0 saturated carbocycles. The SMILES string of the molecule is COCCNc1nc2c(c(=O)n(C)c(=O)n2C)n1Cc1ccccc1C. The topological polar surface area (TPSA) is 83.1 Å². The summed E-state index contributed by atoms with van der Waals surface area (Å²) in [5.41, 5.74) is 2.22. The van der Waals surface area contributed by atoms with Gasteiger partial charge in [0.2, 0.25) is 5.95 Å². The average Bonchev–Trinajstić information content (AvgIpc) is 2.99. The number of hydrogen-bond acceptors (Lipinski definition) is 5. The van der Waals surface area contributed by atoms with Crippen molar-refractivity contribution < 1.29 is 4.74 Å². The third-order valence-corrected chi connectivity index (χ3v) is 4.53. The van der Waals surface area contributed by atoms with Crippen molar-refractivity contribution in [2.24, 2.45) is 14.1 Å². The Morgan fingerprint density at radius 1 is 1.15 bits per heavy atom. The third-order valence-electron chi connectivity index (χ3n) is 4.53. The van der Waals surface area contributed by atoms with E-state index in [1.54, 1.807) is 14.2 Å². The lowest BCUT2D eigenvalue weighted by molar-refractivity contribution is 0.210. The summed E-state index contributed by atoms with van der Waals surface area (Å²) in [5, 5.41) is 3.20. The standard InChI is InChI=1S/C18H23N5O3/c1-12-7-5-6-8-13(12)11-23-14-15(20-17(23)19-9-10-26-4)21(2)18(25)22(3)16(14)24/h5-8H,9-11H2,1-4H3,(H,19,20). The van der Waals surface area contributed by atoms with Crippen LogP contribution in [0.25, 0.3) is 11.2 Å². The van der Waals surface area contributed by atoms with Crippen LogP contribution < -0.4 is 16.6 Å². The van der Waals surface area contributed by atoms with Crippen LogP contribution in [0.15, 0.2) is 33.9 Å². The van der Waals surface area contributed by atoms with Crippen LogP contribution in [-0.4, -0.2) is 38.9 Å². The summed E-state index contributed by atoms with van der Waals surface area (Å²) in [7, 11) is 4.72. The maximum Gasteiger partial charge on any atom is 0.332 e. The predicted molar refractivity (Wildman–Crippen MR) is 101 cm³/mol. The number of anilines is 1. The fraction of sp³-hybridized carbons (Fsp3) is 0.389. The van der Waals surface area contributed by atoms with E-state index in [9.17, 15) is 9.59 Å². The number of aryl methyl sites for hydroxylation is 2. The first-order valence-electron chi connectivity index (χ1n) is 8.39. The minimum atomic E-state index is -0.397. The molecule has 0 aliphatic rings. The Hall–Kier alpha value is -2.87. The maximum atomic E-state index is 12.8. The molecule has 1 aromatic carbocycles. The van der Waals surface area contributed by atoms with Gasteiger partial charge in [-0.15, -0.1) is 0 Å². The maximum absolute atomic E-state index is 12.8. The zero-order valence-electron chi connectivity index (χ0n) is 15.4. The second-order valence-electron chi connectivity index (χ2n) is 6.25. The number of rotatable bonds is 6. The van der Waals surface area contributed by atoms with E-state index >= 15 is 0 Å². The lowest BCUT2D eigenvalue weighted by atomic mass is 10.1. The van der Waals surface area contributed by atoms with Gasteiger partial charge in [-0.25, -0.2) is 4.79 Å². The first kappa shape index (κ1) is 17.9. The van der Waals surface area contributed by atoms with Gasteiger partial charge in [-0.3, -0.25) is 18.5 Å². The summed E-state index contributed by atoms with van der Waals surface area (Å²) in [4.78, 5) is 29.5. The molecular formula is C18H23N5O3. The second kappa shape index (κ2) is 7.17. The van der Waals surface area contributed by atoms with E-state index in [1.807, 2.05) is 35.8 Å². The molecule has 0 fully saturated rings. The van der Waals surface area contributed by atoms with Crippen LogP contribution in [0.3, 0.4) is 0 Å². The highest BCUT2D eigenvalue weighted by atomic mass is 16.5. The molecule has 0 bridgehead atoms. The van der Waals surface area contributed by atoms with Gasteiger partial charge in [0.25, 0.3) is 5.56 Å². The van der Waals surface area contributed by atoms with Gasteiger partial charge in [-0.05, 0) is 18.1 Å². The van der Waals surface area contributed by atoms with E-state index < -0.39 is 5.69 Å². The number of fused-ring (bicyclic) bond motifs is 1. The van der Waals surface area contributed by atoms with Gasteiger partial charge in [0.1, 0.15) is 0 Å². The zero-order chi connectivity index (χ0) is 18.8. The number of imidazole rings is 1. The number of nitrogens with one attached hydrogen (secondary N) is 1. The van der Waals surface area contributed by atoms with Gasteiger partial charge in [-0.1, -0.05) is 24.3 Å². The predicted octanol–water partition coefficient (Wildman–Crippen LogP) is 0.849. The van der Waals surface area contributed by atoms with E-state index in [1.165, 1.54) is 11.6 Å². The molecule has 2 aromatic heterocycles. The number of methoxy groups -OCH3 is 1. The first-order valence-corrected chi connectivity index (χ1v) is 8.39. The number of benzene rings is 1. The van der Waals surface area contributed by atoms with Gasteiger partial charge >= 0.3 is 5.69 Å². The van der Waals surface area contributed by atoms with Crippen LogP contribution in [0.5, 0.6) is 0 Å². The molecule has 0 radical (unpaired) electrons. The first-order chi connectivity index (χ1) is 12.5. The Kier molecular flexibility index (Phi) is 4.94. The van der Waals surface area contributed by atoms with Crippen molar-refractivity contribution in [2.75, 3.05) is 25.6 Å². The van der Waals surface area contributed by atoms with Crippen molar-refractivity contribution in [3.63, 3.8) is 0 Å². The van der Waals surface area contributed by atoms with Crippen LogP contribution in [-0.2, 0) is 25.4 Å². The summed E-state index contributed by atoms with van der Waals surface area (Å²) < 4.78 is 9.41. The van der Waals surface area contributed by atoms with E-state index in [4.69, 9.17) is 4.74 Å². The van der Waals surface area contributed by atoms with Gasteiger partial charge in [-0.2, -0.15) is 4.98 Å². The van der Waals surface area contributed by atoms with Crippen molar-refractivity contribution >= 4 is 17.1 Å². The van der Waals surface area contributed by atoms with Crippen LogP contribution in [0.1, 0.15) is 11.1 Å². The monoisotopic (exact) mass is 357 g/mol. The Morgan fingerprint density at radius 3 is 2.58 bits per heavy atom. The van der Waals surface area contributed by atoms with Gasteiger partial charge in [0.05, 0.1) is 13.2 Å². The minimum Gasteiger partial charge on any atom is -0.383 e. The van der Waals surface area contributed by atoms with Crippen molar-refractivity contribution in [3.05, 3.63) is 56.2 Å². The van der Waals surface area contributed by atoms with E-state index in [2.05, 4.69) is 10.3 Å². The Bertz CT molecular complexity index is 1060. The molecule has 0 spiro atoms. The molecule has 3 aromatic rings. The Balaban J connectivity index is 2.23. The summed E-state index contributed by atoms with van der Waals surface area (Å²) in [6.07, 6.45) is 0. The van der Waals surface area contributed by atoms with E-state index in [-0.39, 0.29) is 5.56 Å². The number of aromatic nitrogens is 4. The highest BCUT2D eigenvalue weighted by molar-refractivity contribution is 5.74. The molecule has 0 amide bonds. The highest BCUT2D eigenvalue weighted by Gasteiger charge is 2.19. The molecule has 1 N–H and O–H groups in total. The Morgan fingerprint density at radius 2 is 1.88 bits per heavy atom. The lowest BCUT2D eigenvalue weighted by Crippen LogP contribution is -2.37. The molecular weight excluding hydrogens is 334 g/mol. The quantitative estimate of drug-likeness (QED) is 0.661. The van der Waals surface area contributed by atoms with E-state index in [0.29, 0.717) is 36.8 Å². The van der Waals surface area contributed by atoms with Gasteiger partial charge < -0.3 is 10.1 Å². The fourth-order valence-electron chi connectivity index (χ4n) is 2.96. The van der Waals surface area contributed by atoms with E-state index in [0.717, 1.165) is 15.7 Å². The largest absolute Gasteiger partial charge is 0.383 e. The zero-order valence-corrected chi connectivity index (χ0v) is 15.4. The van der Waals surface area contributed by atoms with Crippen LogP contribution in [0, 0.1) is 6.92 Å². The van der Waals surface area contributed by atoms with Crippen LogP contribution in [0.2, 0.25) is 0 Å². The number of nitrogens with zero attached hydrogens (tertiary/aromatic N) is 4. The average molecular weight is 357 g/mol. The minimum absolute atomic E-state index is 0.357. The van der Waals surface area contributed by atoms with Crippen molar-refractivity contribution in [1.82, 2.24) is 18.7 Å². The van der Waals surface area contributed by atoms with Gasteiger partial charge in [0.15, 0.2) is 11.2 Å². The van der Waals surface area contributed by atoms with Crippen molar-refractivity contribution in [1.29, 1.82) is 0 Å². The molecule has 0 unspecified atom stereocenters. The Labute approximate surface area is 150 Å². The molecule has 8 nitrogen and oxygen atoms in total. The molecule has 26 heavy (non-hydrogen) atoms. The second-order valence-corrected chi connectivity index (χ2v) is 6.25. The molecule has 8 heteroatoms. The van der Waals surface area contributed by atoms with Crippen molar-refractivity contribution in [3.8, 4) is 0 Å². The molecule has 0 saturated heterocycles. The van der Waals surface area contributed by atoms with Crippen LogP contribution in [0.4, 0.5) is 5.95 Å². The van der Waals surface area contributed by atoms with Gasteiger partial charge in [0, 0.05) is 27.7 Å². The fourth-order valence-corrected chi connectivity index (χ4v) is 2.96. The highest BCUT2D eigenvalue weighted by Crippen LogP contribution is 2.19. The summed E-state index contributed by atoms with van der Waals surface area (Å²) >= 11 is 0. The summed E-state index contributed by atoms with van der Waals surface area (Å²) in [6.45, 7) is 3.55. The van der Waals surface area contributed by atoms with Crippen molar-refractivity contribution in [2.45, 2.75) is 13.5 Å². The molecule has 0 aliphatic carbocycles. The third kappa shape index (κ3) is 3.03.